The van der Waals surface area contributed by atoms with E-state index in [9.17, 15) is 18.0 Å². The molecular formula is C12H22N2O5S. The summed E-state index contributed by atoms with van der Waals surface area (Å²) in [5.74, 6) is -1.70. The molecule has 1 fully saturated rings. The molecule has 1 aliphatic heterocycles. The lowest BCUT2D eigenvalue weighted by Crippen LogP contribution is -2.48. The van der Waals surface area contributed by atoms with Gasteiger partial charge in [-0.2, -0.15) is 0 Å². The highest BCUT2D eigenvalue weighted by Gasteiger charge is 2.37. The molecule has 1 N–H and O–H groups in total. The average Bonchev–Trinajstić information content (AvgIpc) is 2.32. The predicted molar refractivity (Wildman–Crippen MR) is 74.2 cm³/mol. The lowest BCUT2D eigenvalue weighted by molar-refractivity contribution is -0.144. The largest absolute Gasteiger partial charge is 0.480 e. The van der Waals surface area contributed by atoms with Crippen LogP contribution in [-0.4, -0.2) is 79.9 Å². The van der Waals surface area contributed by atoms with E-state index in [-0.39, 0.29) is 12.3 Å². The fraction of sp³-hybridized carbons (Fsp3) is 0.833. The number of carboxylic acids is 1. The van der Waals surface area contributed by atoms with E-state index in [0.717, 1.165) is 4.90 Å². The van der Waals surface area contributed by atoms with Gasteiger partial charge >= 0.3 is 5.97 Å². The average molecular weight is 306 g/mol. The highest BCUT2D eigenvalue weighted by Crippen LogP contribution is 2.21. The molecule has 1 atom stereocenters. The van der Waals surface area contributed by atoms with Crippen LogP contribution in [0.4, 0.5) is 0 Å². The lowest BCUT2D eigenvalue weighted by Gasteiger charge is -2.29. The maximum atomic E-state index is 12.3. The lowest BCUT2D eigenvalue weighted by atomic mass is 10.1. The Morgan fingerprint density at radius 3 is 2.35 bits per heavy atom. The fourth-order valence-corrected chi connectivity index (χ4v) is 4.06. The summed E-state index contributed by atoms with van der Waals surface area (Å²) >= 11 is 0. The van der Waals surface area contributed by atoms with Crippen LogP contribution < -0.4 is 0 Å². The van der Waals surface area contributed by atoms with Crippen molar-refractivity contribution in [2.75, 3.05) is 39.5 Å². The Hall–Kier alpha value is -1.15. The van der Waals surface area contributed by atoms with E-state index in [0.29, 0.717) is 25.8 Å². The van der Waals surface area contributed by atoms with Crippen LogP contribution in [0, 0.1) is 0 Å². The third kappa shape index (κ3) is 4.75. The molecule has 116 valence electrons. The second kappa shape index (κ2) is 7.03. The van der Waals surface area contributed by atoms with Crippen molar-refractivity contribution in [1.29, 1.82) is 0 Å². The maximum Gasteiger partial charge on any atom is 0.323 e. The summed E-state index contributed by atoms with van der Waals surface area (Å²) in [6, 6.07) is 0. The van der Waals surface area contributed by atoms with Gasteiger partial charge in [-0.1, -0.05) is 6.42 Å². The van der Waals surface area contributed by atoms with Crippen LogP contribution >= 0.6 is 0 Å². The molecule has 20 heavy (non-hydrogen) atoms. The molecule has 0 aromatic rings. The summed E-state index contributed by atoms with van der Waals surface area (Å²) in [4.78, 5) is 26.1. The van der Waals surface area contributed by atoms with Gasteiger partial charge in [0.25, 0.3) is 0 Å². The molecule has 0 aliphatic carbocycles. The van der Waals surface area contributed by atoms with E-state index >= 15 is 0 Å². The van der Waals surface area contributed by atoms with E-state index in [1.165, 1.54) is 0 Å². The molecule has 1 rings (SSSR count). The molecule has 1 saturated heterocycles. The van der Waals surface area contributed by atoms with Gasteiger partial charge in [-0.25, -0.2) is 8.42 Å². The summed E-state index contributed by atoms with van der Waals surface area (Å²) in [6.45, 7) is 0.245. The summed E-state index contributed by atoms with van der Waals surface area (Å²) in [5.41, 5.74) is 0. The zero-order valence-corrected chi connectivity index (χ0v) is 12.7. The molecule has 1 heterocycles. The molecule has 7 nitrogen and oxygen atoms in total. The molecular weight excluding hydrogens is 284 g/mol. The molecule has 1 aliphatic rings. The number of aliphatic carboxylic acids is 1. The highest BCUT2D eigenvalue weighted by atomic mass is 32.2. The molecule has 0 aromatic heterocycles. The van der Waals surface area contributed by atoms with Crippen molar-refractivity contribution in [2.45, 2.75) is 24.5 Å². The maximum absolute atomic E-state index is 12.3. The normalized spacial score (nSPS) is 21.6. The minimum atomic E-state index is -3.44. The number of carboxylic acid groups (broad SMARTS) is 1. The number of likely N-dealkylation sites (N-methyl/N-ethyl adjacent to an activating group) is 1. The van der Waals surface area contributed by atoms with E-state index in [4.69, 9.17) is 5.11 Å². The van der Waals surface area contributed by atoms with Gasteiger partial charge in [0.1, 0.15) is 11.8 Å². The number of carbonyl (C=O) groups is 2. The van der Waals surface area contributed by atoms with Crippen LogP contribution in [0.15, 0.2) is 0 Å². The van der Waals surface area contributed by atoms with Crippen LogP contribution in [0.5, 0.6) is 0 Å². The molecule has 1 amide bonds. The summed E-state index contributed by atoms with van der Waals surface area (Å²) in [5, 5.41) is 7.80. The van der Waals surface area contributed by atoms with Crippen molar-refractivity contribution in [3.8, 4) is 0 Å². The zero-order valence-electron chi connectivity index (χ0n) is 11.9. The Bertz CT molecular complexity index is 460. The van der Waals surface area contributed by atoms with Gasteiger partial charge in [0.15, 0.2) is 9.84 Å². The van der Waals surface area contributed by atoms with Gasteiger partial charge in [0.05, 0.1) is 5.75 Å². The van der Waals surface area contributed by atoms with Crippen molar-refractivity contribution < 1.29 is 23.1 Å². The van der Waals surface area contributed by atoms with E-state index in [1.54, 1.807) is 14.1 Å². The van der Waals surface area contributed by atoms with Gasteiger partial charge in [-0.3, -0.25) is 9.59 Å². The summed E-state index contributed by atoms with van der Waals surface area (Å²) < 4.78 is 23.9. The number of nitrogens with zero attached hydrogens (tertiary/aromatic N) is 2. The van der Waals surface area contributed by atoms with Gasteiger partial charge < -0.3 is 14.9 Å². The Kier molecular flexibility index (Phi) is 5.94. The van der Waals surface area contributed by atoms with E-state index < -0.39 is 33.5 Å². The number of hydrogen-bond acceptors (Lipinski definition) is 5. The Morgan fingerprint density at radius 1 is 1.20 bits per heavy atom. The first-order valence-corrected chi connectivity index (χ1v) is 8.32. The van der Waals surface area contributed by atoms with Crippen molar-refractivity contribution in [2.24, 2.45) is 0 Å². The smallest absolute Gasteiger partial charge is 0.323 e. The monoisotopic (exact) mass is 306 g/mol. The minimum Gasteiger partial charge on any atom is -0.480 e. The Labute approximate surface area is 119 Å². The number of carbonyl (C=O) groups excluding carboxylic acids is 1. The van der Waals surface area contributed by atoms with Crippen molar-refractivity contribution in [3.63, 3.8) is 0 Å². The minimum absolute atomic E-state index is 0.0119. The van der Waals surface area contributed by atoms with Crippen LogP contribution in [-0.2, 0) is 19.4 Å². The van der Waals surface area contributed by atoms with Crippen LogP contribution in [0.25, 0.3) is 0 Å². The molecule has 8 heteroatoms. The number of rotatable bonds is 6. The van der Waals surface area contributed by atoms with Crippen molar-refractivity contribution >= 4 is 21.7 Å². The van der Waals surface area contributed by atoms with E-state index in [2.05, 4.69) is 0 Å². The SMILES string of the molecule is CN(C)CCN(CC(=O)O)C(=O)C1CCCCS1(=O)=O. The molecule has 0 bridgehead atoms. The summed E-state index contributed by atoms with van der Waals surface area (Å²) in [7, 11) is 0.173. The van der Waals surface area contributed by atoms with Gasteiger partial charge in [-0.15, -0.1) is 0 Å². The molecule has 0 radical (unpaired) electrons. The molecule has 0 saturated carbocycles. The standard InChI is InChI=1S/C12H22N2O5S/c1-13(2)6-7-14(9-11(15)16)12(17)10-5-3-4-8-20(10,18)19/h10H,3-9H2,1-2H3,(H,15,16). The number of sulfone groups is 1. The van der Waals surface area contributed by atoms with Crippen LogP contribution in [0.2, 0.25) is 0 Å². The Morgan fingerprint density at radius 2 is 1.85 bits per heavy atom. The predicted octanol–water partition coefficient (Wildman–Crippen LogP) is -0.571. The number of amides is 1. The van der Waals surface area contributed by atoms with Gasteiger partial charge in [0.2, 0.25) is 5.91 Å². The number of hydrogen-bond donors (Lipinski definition) is 1. The highest BCUT2D eigenvalue weighted by molar-refractivity contribution is 7.92. The van der Waals surface area contributed by atoms with Crippen molar-refractivity contribution in [3.05, 3.63) is 0 Å². The van der Waals surface area contributed by atoms with E-state index in [1.807, 2.05) is 4.90 Å². The Balaban J connectivity index is 2.82. The van der Waals surface area contributed by atoms with Crippen LogP contribution in [0.3, 0.4) is 0 Å². The topological polar surface area (TPSA) is 95.0 Å². The first kappa shape index (κ1) is 16.9. The van der Waals surface area contributed by atoms with Gasteiger partial charge in [0, 0.05) is 13.1 Å². The molecule has 1 unspecified atom stereocenters. The first-order valence-electron chi connectivity index (χ1n) is 6.61. The fourth-order valence-electron chi connectivity index (χ4n) is 2.19. The second-order valence-electron chi connectivity index (χ2n) is 5.31. The summed E-state index contributed by atoms with van der Waals surface area (Å²) in [6.07, 6.45) is 1.55. The van der Waals surface area contributed by atoms with Gasteiger partial charge in [-0.05, 0) is 26.9 Å². The zero-order chi connectivity index (χ0) is 15.3. The molecule has 0 spiro atoms. The quantitative estimate of drug-likeness (QED) is 0.706. The molecule has 0 aromatic carbocycles. The van der Waals surface area contributed by atoms with Crippen LogP contribution in [0.1, 0.15) is 19.3 Å². The first-order chi connectivity index (χ1) is 9.24. The third-order valence-corrected chi connectivity index (χ3v) is 5.47. The third-order valence-electron chi connectivity index (χ3n) is 3.31. The second-order valence-corrected chi connectivity index (χ2v) is 7.61. The van der Waals surface area contributed by atoms with Crippen molar-refractivity contribution in [1.82, 2.24) is 9.80 Å².